The first-order chi connectivity index (χ1) is 12.7. The van der Waals surface area contributed by atoms with Crippen molar-refractivity contribution >= 4 is 11.8 Å². The molecule has 2 aliphatic heterocycles. The Hall–Kier alpha value is -2.82. The van der Waals surface area contributed by atoms with E-state index in [2.05, 4.69) is 0 Å². The third-order valence-corrected chi connectivity index (χ3v) is 5.05. The first-order valence-corrected chi connectivity index (χ1v) is 9.07. The summed E-state index contributed by atoms with van der Waals surface area (Å²) >= 11 is 0. The topological polar surface area (TPSA) is 49.9 Å². The maximum atomic E-state index is 12.7. The van der Waals surface area contributed by atoms with Crippen molar-refractivity contribution < 1.29 is 14.3 Å². The summed E-state index contributed by atoms with van der Waals surface area (Å²) in [6.07, 6.45) is 1.28. The minimum absolute atomic E-state index is 0.0369. The van der Waals surface area contributed by atoms with Gasteiger partial charge in [0.25, 0.3) is 5.91 Å². The number of piperazine rings is 1. The van der Waals surface area contributed by atoms with Crippen molar-refractivity contribution in [3.63, 3.8) is 0 Å². The van der Waals surface area contributed by atoms with Crippen LogP contribution in [0.2, 0.25) is 0 Å². The van der Waals surface area contributed by atoms with Crippen LogP contribution in [0.4, 0.5) is 0 Å². The lowest BCUT2D eigenvalue weighted by molar-refractivity contribution is -0.131. The summed E-state index contributed by atoms with van der Waals surface area (Å²) in [6, 6.07) is 15.4. The van der Waals surface area contributed by atoms with E-state index in [9.17, 15) is 9.59 Å². The second-order valence-electron chi connectivity index (χ2n) is 6.76. The molecule has 0 aromatic heterocycles. The lowest BCUT2D eigenvalue weighted by Gasteiger charge is -2.35. The second-order valence-corrected chi connectivity index (χ2v) is 6.76. The van der Waals surface area contributed by atoms with Gasteiger partial charge >= 0.3 is 0 Å². The number of carbonyl (C=O) groups is 2. The molecule has 0 N–H and O–H groups in total. The number of nitrogens with zero attached hydrogens (tertiary/aromatic N) is 2. The average Bonchev–Trinajstić information content (AvgIpc) is 3.16. The van der Waals surface area contributed by atoms with E-state index >= 15 is 0 Å². The summed E-state index contributed by atoms with van der Waals surface area (Å²) in [4.78, 5) is 28.9. The first-order valence-electron chi connectivity index (χ1n) is 9.07. The van der Waals surface area contributed by atoms with Crippen LogP contribution < -0.4 is 4.74 Å². The van der Waals surface area contributed by atoms with Crippen molar-refractivity contribution in [3.05, 3.63) is 65.2 Å². The highest BCUT2D eigenvalue weighted by atomic mass is 16.5. The van der Waals surface area contributed by atoms with Crippen LogP contribution in [0.25, 0.3) is 0 Å². The summed E-state index contributed by atoms with van der Waals surface area (Å²) < 4.78 is 5.50. The molecule has 0 atom stereocenters. The molecule has 134 valence electrons. The maximum absolute atomic E-state index is 12.7. The van der Waals surface area contributed by atoms with Gasteiger partial charge in [0, 0.05) is 38.2 Å². The second kappa shape index (κ2) is 7.20. The molecular formula is C21H22N2O3. The van der Waals surface area contributed by atoms with Crippen LogP contribution >= 0.6 is 0 Å². The van der Waals surface area contributed by atoms with E-state index in [4.69, 9.17) is 4.74 Å². The standard InChI is InChI=1S/C21H22N2O3/c24-20(14-16-4-2-1-3-5-16)22-9-11-23(12-10-22)21(25)18-6-7-19-17(15-18)8-13-26-19/h1-7,15H,8-14H2. The van der Waals surface area contributed by atoms with E-state index in [1.165, 1.54) is 0 Å². The highest BCUT2D eigenvalue weighted by Crippen LogP contribution is 2.26. The van der Waals surface area contributed by atoms with Crippen LogP contribution in [0.15, 0.2) is 48.5 Å². The molecule has 1 saturated heterocycles. The Kier molecular flexibility index (Phi) is 4.61. The zero-order valence-electron chi connectivity index (χ0n) is 14.7. The largest absolute Gasteiger partial charge is 0.493 e. The Morgan fingerprint density at radius 3 is 2.42 bits per heavy atom. The fraction of sp³-hybridized carbons (Fsp3) is 0.333. The highest BCUT2D eigenvalue weighted by Gasteiger charge is 2.25. The Balaban J connectivity index is 1.34. The minimum atomic E-state index is 0.0369. The van der Waals surface area contributed by atoms with Gasteiger partial charge in [-0.25, -0.2) is 0 Å². The van der Waals surface area contributed by atoms with Crippen molar-refractivity contribution in [2.24, 2.45) is 0 Å². The molecule has 2 aromatic rings. The van der Waals surface area contributed by atoms with E-state index in [1.54, 1.807) is 0 Å². The van der Waals surface area contributed by atoms with Crippen LogP contribution in [0, 0.1) is 0 Å². The van der Waals surface area contributed by atoms with Crippen molar-refractivity contribution in [2.75, 3.05) is 32.8 Å². The van der Waals surface area contributed by atoms with Gasteiger partial charge in [-0.2, -0.15) is 0 Å². The molecule has 2 aliphatic rings. The molecule has 2 heterocycles. The Labute approximate surface area is 153 Å². The van der Waals surface area contributed by atoms with Crippen molar-refractivity contribution in [3.8, 4) is 5.75 Å². The summed E-state index contributed by atoms with van der Waals surface area (Å²) in [5, 5.41) is 0. The summed E-state index contributed by atoms with van der Waals surface area (Å²) in [7, 11) is 0. The highest BCUT2D eigenvalue weighted by molar-refractivity contribution is 5.95. The van der Waals surface area contributed by atoms with Crippen molar-refractivity contribution in [2.45, 2.75) is 12.8 Å². The van der Waals surface area contributed by atoms with Crippen molar-refractivity contribution in [1.82, 2.24) is 9.80 Å². The van der Waals surface area contributed by atoms with Gasteiger partial charge in [-0.05, 0) is 29.3 Å². The summed E-state index contributed by atoms with van der Waals surface area (Å²) in [5.74, 6) is 1.05. The monoisotopic (exact) mass is 350 g/mol. The number of ether oxygens (including phenoxy) is 1. The van der Waals surface area contributed by atoms with Gasteiger partial charge in [-0.1, -0.05) is 30.3 Å². The summed E-state index contributed by atoms with van der Waals surface area (Å²) in [5.41, 5.74) is 2.84. The van der Waals surface area contributed by atoms with Gasteiger partial charge in [0.15, 0.2) is 0 Å². The quantitative estimate of drug-likeness (QED) is 0.852. The zero-order valence-corrected chi connectivity index (χ0v) is 14.7. The molecule has 4 rings (SSSR count). The molecule has 0 radical (unpaired) electrons. The normalized spacial score (nSPS) is 16.2. The predicted octanol–water partition coefficient (Wildman–Crippen LogP) is 2.15. The van der Waals surface area contributed by atoms with Crippen LogP contribution in [0.3, 0.4) is 0 Å². The molecule has 0 bridgehead atoms. The van der Waals surface area contributed by atoms with Crippen molar-refractivity contribution in [1.29, 1.82) is 0 Å². The third-order valence-electron chi connectivity index (χ3n) is 5.05. The van der Waals surface area contributed by atoms with E-state index in [0.29, 0.717) is 44.8 Å². The van der Waals surface area contributed by atoms with Gasteiger partial charge < -0.3 is 14.5 Å². The first kappa shape index (κ1) is 16.6. The van der Waals surface area contributed by atoms with Gasteiger partial charge in [0.1, 0.15) is 5.75 Å². The van der Waals surface area contributed by atoms with E-state index < -0.39 is 0 Å². The molecule has 5 nitrogen and oxygen atoms in total. The lowest BCUT2D eigenvalue weighted by Crippen LogP contribution is -2.51. The van der Waals surface area contributed by atoms with Gasteiger partial charge in [-0.3, -0.25) is 9.59 Å². The molecular weight excluding hydrogens is 328 g/mol. The van der Waals surface area contributed by atoms with Crippen LogP contribution in [0.5, 0.6) is 5.75 Å². The van der Waals surface area contributed by atoms with Crippen LogP contribution in [-0.4, -0.2) is 54.4 Å². The number of benzene rings is 2. The number of hydrogen-bond acceptors (Lipinski definition) is 3. The van der Waals surface area contributed by atoms with Gasteiger partial charge in [0.2, 0.25) is 5.91 Å². The van der Waals surface area contributed by atoms with Crippen LogP contribution in [-0.2, 0) is 17.6 Å². The van der Waals surface area contributed by atoms with E-state index in [0.717, 1.165) is 23.3 Å². The number of rotatable bonds is 3. The molecule has 1 fully saturated rings. The number of carbonyl (C=O) groups excluding carboxylic acids is 2. The molecule has 0 aliphatic carbocycles. The Morgan fingerprint density at radius 1 is 0.923 bits per heavy atom. The van der Waals surface area contributed by atoms with Crippen LogP contribution in [0.1, 0.15) is 21.5 Å². The third kappa shape index (κ3) is 3.43. The molecule has 5 heteroatoms. The average molecular weight is 350 g/mol. The molecule has 2 amide bonds. The Morgan fingerprint density at radius 2 is 1.65 bits per heavy atom. The number of amides is 2. The maximum Gasteiger partial charge on any atom is 0.253 e. The SMILES string of the molecule is O=C(Cc1ccccc1)N1CCN(C(=O)c2ccc3c(c2)CCO3)CC1. The van der Waals surface area contributed by atoms with E-state index in [-0.39, 0.29) is 11.8 Å². The molecule has 26 heavy (non-hydrogen) atoms. The van der Waals surface area contributed by atoms with Gasteiger partial charge in [0.05, 0.1) is 13.0 Å². The lowest BCUT2D eigenvalue weighted by atomic mass is 10.1. The fourth-order valence-electron chi connectivity index (χ4n) is 3.54. The fourth-order valence-corrected chi connectivity index (χ4v) is 3.54. The Bertz CT molecular complexity index is 811. The minimum Gasteiger partial charge on any atom is -0.493 e. The molecule has 2 aromatic carbocycles. The smallest absolute Gasteiger partial charge is 0.253 e. The molecule has 0 spiro atoms. The van der Waals surface area contributed by atoms with Gasteiger partial charge in [-0.15, -0.1) is 0 Å². The molecule has 0 saturated carbocycles. The number of fused-ring (bicyclic) bond motifs is 1. The molecule has 0 unspecified atom stereocenters. The summed E-state index contributed by atoms with van der Waals surface area (Å²) in [6.45, 7) is 3.02. The van der Waals surface area contributed by atoms with E-state index in [1.807, 2.05) is 58.3 Å². The predicted molar refractivity (Wildman–Crippen MR) is 98.3 cm³/mol. The number of hydrogen-bond donors (Lipinski definition) is 0. The zero-order chi connectivity index (χ0) is 17.9.